The van der Waals surface area contributed by atoms with Crippen molar-refractivity contribution >= 4 is 23.2 Å². The van der Waals surface area contributed by atoms with Crippen molar-refractivity contribution in [1.82, 2.24) is 10.2 Å². The highest BCUT2D eigenvalue weighted by Crippen LogP contribution is 2.31. The number of nitrogens with one attached hydrogen (secondary N) is 3. The fraction of sp³-hybridized carbons (Fsp3) is 0.467. The van der Waals surface area contributed by atoms with E-state index in [1.165, 1.54) is 0 Å². The standard InChI is InChI=1S/C15H20N4O2/c1-16-14(20)12-6-3-9-19(12)15(21)10-4-2-5-11-13(10)18-8-7-17-11/h2,4-5,12,17-18H,3,6-9H2,1H3,(H,16,20). The minimum absolute atomic E-state index is 0.0749. The summed E-state index contributed by atoms with van der Waals surface area (Å²) in [5.41, 5.74) is 2.43. The lowest BCUT2D eigenvalue weighted by atomic mass is 10.1. The van der Waals surface area contributed by atoms with Crippen molar-refractivity contribution in [3.63, 3.8) is 0 Å². The van der Waals surface area contributed by atoms with Crippen LogP contribution in [-0.2, 0) is 4.79 Å². The average molecular weight is 288 g/mol. The number of carbonyl (C=O) groups is 2. The van der Waals surface area contributed by atoms with Gasteiger partial charge in [0.25, 0.3) is 5.91 Å². The van der Waals surface area contributed by atoms with Gasteiger partial charge in [0.1, 0.15) is 6.04 Å². The molecule has 0 bridgehead atoms. The highest BCUT2D eigenvalue weighted by molar-refractivity contribution is 6.04. The van der Waals surface area contributed by atoms with Crippen molar-refractivity contribution in [3.05, 3.63) is 23.8 Å². The fourth-order valence-corrected chi connectivity index (χ4v) is 3.06. The molecular formula is C15H20N4O2. The number of likely N-dealkylation sites (N-methyl/N-ethyl adjacent to an activating group) is 1. The van der Waals surface area contributed by atoms with E-state index < -0.39 is 0 Å². The Morgan fingerprint density at radius 3 is 2.90 bits per heavy atom. The van der Waals surface area contributed by atoms with Gasteiger partial charge in [0.15, 0.2) is 0 Å². The number of hydrogen-bond donors (Lipinski definition) is 3. The van der Waals surface area contributed by atoms with E-state index in [4.69, 9.17) is 0 Å². The van der Waals surface area contributed by atoms with Gasteiger partial charge in [-0.3, -0.25) is 9.59 Å². The third kappa shape index (κ3) is 2.41. The molecule has 3 rings (SSSR count). The smallest absolute Gasteiger partial charge is 0.256 e. The molecule has 2 amide bonds. The highest BCUT2D eigenvalue weighted by atomic mass is 16.2. The molecule has 1 unspecified atom stereocenters. The third-order valence-electron chi connectivity index (χ3n) is 4.10. The number of anilines is 2. The maximum atomic E-state index is 12.8. The highest BCUT2D eigenvalue weighted by Gasteiger charge is 2.35. The van der Waals surface area contributed by atoms with Gasteiger partial charge in [-0.15, -0.1) is 0 Å². The zero-order valence-electron chi connectivity index (χ0n) is 12.1. The number of likely N-dealkylation sites (tertiary alicyclic amines) is 1. The molecule has 1 fully saturated rings. The van der Waals surface area contributed by atoms with Crippen LogP contribution in [0.5, 0.6) is 0 Å². The van der Waals surface area contributed by atoms with Gasteiger partial charge in [-0.2, -0.15) is 0 Å². The summed E-state index contributed by atoms with van der Waals surface area (Å²) in [5, 5.41) is 9.21. The molecule has 6 heteroatoms. The first-order valence-corrected chi connectivity index (χ1v) is 7.35. The van der Waals surface area contributed by atoms with E-state index >= 15 is 0 Å². The summed E-state index contributed by atoms with van der Waals surface area (Å²) in [4.78, 5) is 26.4. The SMILES string of the molecule is CNC(=O)C1CCCN1C(=O)c1cccc2c1NCCN2. The fourth-order valence-electron chi connectivity index (χ4n) is 3.06. The van der Waals surface area contributed by atoms with Crippen molar-refractivity contribution in [2.24, 2.45) is 0 Å². The number of benzene rings is 1. The van der Waals surface area contributed by atoms with Crippen LogP contribution >= 0.6 is 0 Å². The third-order valence-corrected chi connectivity index (χ3v) is 4.10. The second-order valence-corrected chi connectivity index (χ2v) is 5.35. The Balaban J connectivity index is 1.90. The van der Waals surface area contributed by atoms with Gasteiger partial charge in [0, 0.05) is 26.7 Å². The molecule has 112 valence electrons. The first-order chi connectivity index (χ1) is 10.2. The molecule has 1 aromatic carbocycles. The Morgan fingerprint density at radius 2 is 2.10 bits per heavy atom. The topological polar surface area (TPSA) is 73.5 Å². The molecule has 0 radical (unpaired) electrons. The predicted molar refractivity (Wildman–Crippen MR) is 81.5 cm³/mol. The van der Waals surface area contributed by atoms with Crippen molar-refractivity contribution in [2.75, 3.05) is 37.3 Å². The van der Waals surface area contributed by atoms with Crippen molar-refractivity contribution in [2.45, 2.75) is 18.9 Å². The Hall–Kier alpha value is -2.24. The van der Waals surface area contributed by atoms with Crippen molar-refractivity contribution in [3.8, 4) is 0 Å². The average Bonchev–Trinajstić information content (AvgIpc) is 3.02. The molecule has 2 heterocycles. The Kier molecular flexibility index (Phi) is 3.68. The zero-order chi connectivity index (χ0) is 14.8. The van der Waals surface area contributed by atoms with E-state index in [2.05, 4.69) is 16.0 Å². The molecule has 1 saturated heterocycles. The number of hydrogen-bond acceptors (Lipinski definition) is 4. The maximum absolute atomic E-state index is 12.8. The molecule has 0 aromatic heterocycles. The molecule has 2 aliphatic rings. The second kappa shape index (κ2) is 5.63. The Labute approximate surface area is 123 Å². The van der Waals surface area contributed by atoms with Crippen LogP contribution < -0.4 is 16.0 Å². The molecule has 1 aromatic rings. The molecule has 6 nitrogen and oxygen atoms in total. The van der Waals surface area contributed by atoms with E-state index in [1.807, 2.05) is 18.2 Å². The minimum Gasteiger partial charge on any atom is -0.382 e. The lowest BCUT2D eigenvalue weighted by Gasteiger charge is -2.27. The lowest BCUT2D eigenvalue weighted by molar-refractivity contribution is -0.124. The number of para-hydroxylation sites is 1. The monoisotopic (exact) mass is 288 g/mol. The van der Waals surface area contributed by atoms with Crippen LogP contribution in [0.25, 0.3) is 0 Å². The Morgan fingerprint density at radius 1 is 1.29 bits per heavy atom. The Bertz CT molecular complexity index is 573. The second-order valence-electron chi connectivity index (χ2n) is 5.35. The van der Waals surface area contributed by atoms with Crippen LogP contribution in [0.2, 0.25) is 0 Å². The summed E-state index contributed by atoms with van der Waals surface area (Å²) in [6.07, 6.45) is 1.59. The number of fused-ring (bicyclic) bond motifs is 1. The van der Waals surface area contributed by atoms with Gasteiger partial charge in [0.05, 0.1) is 16.9 Å². The summed E-state index contributed by atoms with van der Waals surface area (Å²) >= 11 is 0. The first-order valence-electron chi connectivity index (χ1n) is 7.35. The molecule has 21 heavy (non-hydrogen) atoms. The molecule has 3 N–H and O–H groups in total. The summed E-state index contributed by atoms with van der Waals surface area (Å²) in [5.74, 6) is -0.161. The number of rotatable bonds is 2. The van der Waals surface area contributed by atoms with Crippen LogP contribution in [-0.4, -0.2) is 49.4 Å². The largest absolute Gasteiger partial charge is 0.382 e. The van der Waals surface area contributed by atoms with Crippen LogP contribution in [0, 0.1) is 0 Å². The number of nitrogens with zero attached hydrogens (tertiary/aromatic N) is 1. The van der Waals surface area contributed by atoms with Gasteiger partial charge in [-0.25, -0.2) is 0 Å². The number of carbonyl (C=O) groups excluding carboxylic acids is 2. The molecule has 0 saturated carbocycles. The molecule has 1 atom stereocenters. The van der Waals surface area contributed by atoms with Gasteiger partial charge >= 0.3 is 0 Å². The molecule has 2 aliphatic heterocycles. The van der Waals surface area contributed by atoms with Crippen LogP contribution in [0.4, 0.5) is 11.4 Å². The van der Waals surface area contributed by atoms with Gasteiger partial charge < -0.3 is 20.9 Å². The van der Waals surface area contributed by atoms with E-state index in [0.29, 0.717) is 12.1 Å². The normalized spacial score (nSPS) is 20.2. The van der Waals surface area contributed by atoms with Crippen molar-refractivity contribution < 1.29 is 9.59 Å². The van der Waals surface area contributed by atoms with Crippen LogP contribution in [0.15, 0.2) is 18.2 Å². The lowest BCUT2D eigenvalue weighted by Crippen LogP contribution is -2.45. The van der Waals surface area contributed by atoms with Crippen LogP contribution in [0.3, 0.4) is 0 Å². The zero-order valence-corrected chi connectivity index (χ0v) is 12.1. The summed E-state index contributed by atoms with van der Waals surface area (Å²) in [6, 6.07) is 5.30. The quantitative estimate of drug-likeness (QED) is 0.755. The van der Waals surface area contributed by atoms with Gasteiger partial charge in [-0.1, -0.05) is 6.07 Å². The van der Waals surface area contributed by atoms with Gasteiger partial charge in [-0.05, 0) is 25.0 Å². The van der Waals surface area contributed by atoms with Crippen molar-refractivity contribution in [1.29, 1.82) is 0 Å². The number of amides is 2. The van der Waals surface area contributed by atoms with E-state index in [-0.39, 0.29) is 17.9 Å². The van der Waals surface area contributed by atoms with E-state index in [1.54, 1.807) is 11.9 Å². The van der Waals surface area contributed by atoms with Crippen LogP contribution in [0.1, 0.15) is 23.2 Å². The predicted octanol–water partition coefficient (Wildman–Crippen LogP) is 0.875. The first kappa shape index (κ1) is 13.7. The minimum atomic E-state index is -0.352. The summed E-state index contributed by atoms with van der Waals surface area (Å²) < 4.78 is 0. The maximum Gasteiger partial charge on any atom is 0.256 e. The summed E-state index contributed by atoms with van der Waals surface area (Å²) in [7, 11) is 1.61. The molecule has 0 spiro atoms. The van der Waals surface area contributed by atoms with E-state index in [9.17, 15) is 9.59 Å². The summed E-state index contributed by atoms with van der Waals surface area (Å²) in [6.45, 7) is 2.26. The molecule has 0 aliphatic carbocycles. The van der Waals surface area contributed by atoms with Gasteiger partial charge in [0.2, 0.25) is 5.91 Å². The molecular weight excluding hydrogens is 268 g/mol. The van der Waals surface area contributed by atoms with E-state index in [0.717, 1.165) is 37.3 Å².